The van der Waals surface area contributed by atoms with Crippen LogP contribution in [0.1, 0.15) is 11.1 Å². The fourth-order valence-electron chi connectivity index (χ4n) is 4.07. The lowest BCUT2D eigenvalue weighted by Gasteiger charge is -2.33. The third-order valence-corrected chi connectivity index (χ3v) is 6.97. The van der Waals surface area contributed by atoms with E-state index in [4.69, 9.17) is 11.6 Å². The number of carbonyl (C=O) groups is 2. The maximum Gasteiger partial charge on any atom is 0.269 e. The predicted octanol–water partition coefficient (Wildman–Crippen LogP) is 4.82. The minimum Gasteiger partial charge on any atom is -0.304 e. The highest BCUT2D eigenvalue weighted by Crippen LogP contribution is 2.55. The Morgan fingerprint density at radius 2 is 1.59 bits per heavy atom. The van der Waals surface area contributed by atoms with Crippen molar-refractivity contribution in [3.05, 3.63) is 95.0 Å². The lowest BCUT2D eigenvalue weighted by atomic mass is 10.0. The maximum atomic E-state index is 13.9. The van der Waals surface area contributed by atoms with Gasteiger partial charge in [-0.2, -0.15) is 0 Å². The number of thioether (sulfide) groups is 1. The normalized spacial score (nSPS) is 20.6. The van der Waals surface area contributed by atoms with Gasteiger partial charge in [0, 0.05) is 16.3 Å². The molecule has 1 saturated heterocycles. The minimum atomic E-state index is -1.09. The third kappa shape index (κ3) is 2.76. The molecule has 1 fully saturated rings. The molecule has 2 amide bonds. The molecular weight excluding hydrogens is 404 g/mol. The fraction of sp³-hybridized carbons (Fsp3) is 0.130. The van der Waals surface area contributed by atoms with Gasteiger partial charge in [0.25, 0.3) is 5.91 Å². The molecule has 3 aromatic rings. The highest BCUT2D eigenvalue weighted by Gasteiger charge is 2.60. The Balaban J connectivity index is 1.65. The molecule has 0 N–H and O–H groups in total. The lowest BCUT2D eigenvalue weighted by molar-refractivity contribution is -0.123. The second-order valence-electron chi connectivity index (χ2n) is 7.03. The summed E-state index contributed by atoms with van der Waals surface area (Å²) in [5.74, 6) is 0.0809. The smallest absolute Gasteiger partial charge is 0.269 e. The molecule has 0 aliphatic carbocycles. The van der Waals surface area contributed by atoms with Crippen molar-refractivity contribution in [1.29, 1.82) is 0 Å². The zero-order valence-corrected chi connectivity index (χ0v) is 17.0. The highest BCUT2D eigenvalue weighted by atomic mass is 35.5. The molecule has 3 aromatic carbocycles. The number of nitrogens with zero attached hydrogens (tertiary/aromatic N) is 2. The number of amides is 2. The van der Waals surface area contributed by atoms with Crippen LogP contribution in [0, 0.1) is 0 Å². The monoisotopic (exact) mass is 420 g/mol. The van der Waals surface area contributed by atoms with Gasteiger partial charge in [0.2, 0.25) is 10.8 Å². The van der Waals surface area contributed by atoms with E-state index in [0.29, 0.717) is 17.3 Å². The molecule has 0 unspecified atom stereocenters. The Morgan fingerprint density at radius 3 is 2.34 bits per heavy atom. The molecule has 2 aliphatic heterocycles. The van der Waals surface area contributed by atoms with Crippen LogP contribution >= 0.6 is 23.4 Å². The van der Waals surface area contributed by atoms with Crippen molar-refractivity contribution in [3.63, 3.8) is 0 Å². The van der Waals surface area contributed by atoms with Crippen molar-refractivity contribution in [2.75, 3.05) is 15.6 Å². The average molecular weight is 421 g/mol. The van der Waals surface area contributed by atoms with Gasteiger partial charge in [0.05, 0.1) is 18.0 Å². The molecule has 144 valence electrons. The number of hydrogen-bond acceptors (Lipinski definition) is 3. The topological polar surface area (TPSA) is 40.6 Å². The first kappa shape index (κ1) is 18.3. The summed E-state index contributed by atoms with van der Waals surface area (Å²) in [6.45, 7) is 0.460. The number of fused-ring (bicyclic) bond motifs is 2. The van der Waals surface area contributed by atoms with E-state index in [1.54, 1.807) is 34.1 Å². The SMILES string of the molecule is O=C1CS[C@@]2(C(=O)N(Cc3ccccc3)c3ccccc32)N1c1ccc(Cl)cc1. The molecule has 0 bridgehead atoms. The standard InChI is InChI=1S/C23H17ClN2O2S/c24-17-10-12-18(13-11-17)26-21(27)15-29-23(26)19-8-4-5-9-20(19)25(22(23)28)14-16-6-2-1-3-7-16/h1-13H,14-15H2/t23-/m0/s1. The number of rotatable bonds is 3. The molecule has 0 radical (unpaired) electrons. The van der Waals surface area contributed by atoms with Gasteiger partial charge in [0.1, 0.15) is 0 Å². The van der Waals surface area contributed by atoms with Crippen molar-refractivity contribution >= 4 is 46.6 Å². The molecule has 1 spiro atoms. The van der Waals surface area contributed by atoms with Crippen LogP contribution in [0.2, 0.25) is 5.02 Å². The summed E-state index contributed by atoms with van der Waals surface area (Å²) in [6.07, 6.45) is 0. The zero-order chi connectivity index (χ0) is 20.0. The summed E-state index contributed by atoms with van der Waals surface area (Å²) < 4.78 is 0. The number of anilines is 2. The number of benzene rings is 3. The summed E-state index contributed by atoms with van der Waals surface area (Å²) in [5.41, 5.74) is 3.42. The Bertz CT molecular complexity index is 1100. The van der Waals surface area contributed by atoms with E-state index in [2.05, 4.69) is 0 Å². The van der Waals surface area contributed by atoms with Crippen molar-refractivity contribution in [3.8, 4) is 0 Å². The lowest BCUT2D eigenvalue weighted by Crippen LogP contribution is -2.49. The summed E-state index contributed by atoms with van der Waals surface area (Å²) in [6, 6.07) is 24.7. The van der Waals surface area contributed by atoms with Crippen LogP contribution < -0.4 is 9.80 Å². The summed E-state index contributed by atoms with van der Waals surface area (Å²) >= 11 is 7.43. The molecule has 6 heteroatoms. The largest absolute Gasteiger partial charge is 0.304 e. The Kier molecular flexibility index (Phi) is 4.37. The molecule has 4 nitrogen and oxygen atoms in total. The van der Waals surface area contributed by atoms with E-state index in [9.17, 15) is 9.59 Å². The van der Waals surface area contributed by atoms with Crippen molar-refractivity contribution < 1.29 is 9.59 Å². The van der Waals surface area contributed by atoms with Crippen molar-refractivity contribution in [1.82, 2.24) is 0 Å². The van der Waals surface area contributed by atoms with Gasteiger partial charge in [-0.15, -0.1) is 11.8 Å². The first-order valence-electron chi connectivity index (χ1n) is 9.29. The molecule has 0 saturated carbocycles. The van der Waals surface area contributed by atoms with Crippen LogP contribution in [-0.4, -0.2) is 17.6 Å². The highest BCUT2D eigenvalue weighted by molar-refractivity contribution is 8.02. The van der Waals surface area contributed by atoms with Gasteiger partial charge in [-0.25, -0.2) is 0 Å². The predicted molar refractivity (Wildman–Crippen MR) is 117 cm³/mol. The first-order valence-corrected chi connectivity index (χ1v) is 10.7. The van der Waals surface area contributed by atoms with Gasteiger partial charge < -0.3 is 4.90 Å². The van der Waals surface area contributed by atoms with E-state index in [0.717, 1.165) is 16.8 Å². The quantitative estimate of drug-likeness (QED) is 0.610. The van der Waals surface area contributed by atoms with Crippen molar-refractivity contribution in [2.45, 2.75) is 11.4 Å². The fourth-order valence-corrected chi connectivity index (χ4v) is 5.55. The van der Waals surface area contributed by atoms with Gasteiger partial charge >= 0.3 is 0 Å². The van der Waals surface area contributed by atoms with E-state index in [1.807, 2.05) is 54.6 Å². The molecule has 2 aliphatic rings. The minimum absolute atomic E-state index is 0.0814. The average Bonchev–Trinajstić information content (AvgIpc) is 3.21. The van der Waals surface area contributed by atoms with Gasteiger partial charge in [-0.05, 0) is 35.9 Å². The van der Waals surface area contributed by atoms with Crippen LogP contribution in [-0.2, 0) is 21.0 Å². The van der Waals surface area contributed by atoms with Crippen LogP contribution in [0.3, 0.4) is 0 Å². The van der Waals surface area contributed by atoms with Crippen LogP contribution in [0.5, 0.6) is 0 Å². The van der Waals surface area contributed by atoms with Crippen LogP contribution in [0.4, 0.5) is 11.4 Å². The molecule has 2 heterocycles. The van der Waals surface area contributed by atoms with Gasteiger partial charge in [0.15, 0.2) is 0 Å². The van der Waals surface area contributed by atoms with E-state index in [-0.39, 0.29) is 17.6 Å². The summed E-state index contributed by atoms with van der Waals surface area (Å²) in [7, 11) is 0. The maximum absolute atomic E-state index is 13.9. The molecule has 1 atom stereocenters. The Labute approximate surface area is 178 Å². The second-order valence-corrected chi connectivity index (χ2v) is 8.64. The van der Waals surface area contributed by atoms with E-state index in [1.165, 1.54) is 11.8 Å². The molecule has 5 rings (SSSR count). The van der Waals surface area contributed by atoms with Crippen LogP contribution in [0.15, 0.2) is 78.9 Å². The zero-order valence-electron chi connectivity index (χ0n) is 15.4. The Morgan fingerprint density at radius 1 is 0.897 bits per heavy atom. The van der Waals surface area contributed by atoms with Gasteiger partial charge in [-0.1, -0.05) is 60.1 Å². The van der Waals surface area contributed by atoms with Gasteiger partial charge in [-0.3, -0.25) is 14.5 Å². The molecule has 0 aromatic heterocycles. The molecule has 29 heavy (non-hydrogen) atoms. The third-order valence-electron chi connectivity index (χ3n) is 5.33. The van der Waals surface area contributed by atoms with E-state index < -0.39 is 4.87 Å². The summed E-state index contributed by atoms with van der Waals surface area (Å²) in [5, 5.41) is 0.589. The second kappa shape index (κ2) is 6.94. The van der Waals surface area contributed by atoms with Crippen LogP contribution in [0.25, 0.3) is 0 Å². The number of hydrogen-bond donors (Lipinski definition) is 0. The van der Waals surface area contributed by atoms with Crippen molar-refractivity contribution in [2.24, 2.45) is 0 Å². The molecular formula is C23H17ClN2O2S. The number of para-hydroxylation sites is 1. The number of halogens is 1. The van der Waals surface area contributed by atoms with E-state index >= 15 is 0 Å². The Hall–Kier alpha value is -2.76. The first-order chi connectivity index (χ1) is 14.1. The summed E-state index contributed by atoms with van der Waals surface area (Å²) in [4.78, 5) is 29.2. The number of carbonyl (C=O) groups excluding carboxylic acids is 2.